The highest BCUT2D eigenvalue weighted by Gasteiger charge is 2.29. The van der Waals surface area contributed by atoms with E-state index in [0.717, 1.165) is 19.3 Å². The summed E-state index contributed by atoms with van der Waals surface area (Å²) in [6, 6.07) is 15.4. The van der Waals surface area contributed by atoms with Crippen LogP contribution in [0.5, 0.6) is 0 Å². The quantitative estimate of drug-likeness (QED) is 0.800. The molecule has 0 unspecified atom stereocenters. The van der Waals surface area contributed by atoms with Crippen molar-refractivity contribution >= 4 is 29.2 Å². The summed E-state index contributed by atoms with van der Waals surface area (Å²) in [4.78, 5) is 29.0. The van der Waals surface area contributed by atoms with Gasteiger partial charge in [-0.1, -0.05) is 35.9 Å². The number of amides is 3. The highest BCUT2D eigenvalue weighted by atomic mass is 35.5. The van der Waals surface area contributed by atoms with E-state index in [9.17, 15) is 9.59 Å². The van der Waals surface area contributed by atoms with Gasteiger partial charge >= 0.3 is 6.03 Å². The Morgan fingerprint density at radius 2 is 1.62 bits per heavy atom. The zero-order valence-electron chi connectivity index (χ0n) is 13.3. The molecule has 1 aliphatic heterocycles. The van der Waals surface area contributed by atoms with Crippen molar-refractivity contribution in [1.82, 2.24) is 4.90 Å². The fourth-order valence-electron chi connectivity index (χ4n) is 2.87. The molecule has 0 radical (unpaired) electrons. The standard InChI is InChI=1S/C19H19ClN2O2/c20-16-9-7-8-15(14-16)18(23)22(17-10-3-1-4-11-17)19(24)21-12-5-2-6-13-21/h1,3-4,7-11,14H,2,5-6,12-13H2. The van der Waals surface area contributed by atoms with E-state index in [-0.39, 0.29) is 11.9 Å². The molecule has 5 heteroatoms. The van der Waals surface area contributed by atoms with E-state index in [0.29, 0.717) is 29.4 Å². The average Bonchev–Trinajstić information content (AvgIpc) is 2.63. The van der Waals surface area contributed by atoms with Crippen LogP contribution in [0.3, 0.4) is 0 Å². The molecular weight excluding hydrogens is 324 g/mol. The van der Waals surface area contributed by atoms with Crippen LogP contribution in [0.4, 0.5) is 10.5 Å². The predicted molar refractivity (Wildman–Crippen MR) is 95.5 cm³/mol. The Hall–Kier alpha value is -2.33. The lowest BCUT2D eigenvalue weighted by Crippen LogP contribution is -2.48. The van der Waals surface area contributed by atoms with Gasteiger partial charge < -0.3 is 4.90 Å². The van der Waals surface area contributed by atoms with E-state index in [1.165, 1.54) is 4.90 Å². The first-order valence-corrected chi connectivity index (χ1v) is 8.48. The number of piperidine rings is 1. The molecule has 0 spiro atoms. The molecule has 0 N–H and O–H groups in total. The van der Waals surface area contributed by atoms with Crippen molar-refractivity contribution in [2.45, 2.75) is 19.3 Å². The second kappa shape index (κ2) is 7.49. The first-order chi connectivity index (χ1) is 11.7. The molecule has 2 aromatic carbocycles. The Bertz CT molecular complexity index is 727. The van der Waals surface area contributed by atoms with Crippen molar-refractivity contribution in [2.24, 2.45) is 0 Å². The number of urea groups is 1. The number of likely N-dealkylation sites (tertiary alicyclic amines) is 1. The van der Waals surface area contributed by atoms with Gasteiger partial charge in [-0.2, -0.15) is 0 Å². The molecule has 1 heterocycles. The maximum Gasteiger partial charge on any atom is 0.331 e. The van der Waals surface area contributed by atoms with Crippen LogP contribution in [0.15, 0.2) is 54.6 Å². The number of hydrogen-bond donors (Lipinski definition) is 0. The maximum absolute atomic E-state index is 13.0. The molecule has 0 atom stereocenters. The van der Waals surface area contributed by atoms with Gasteiger partial charge in [0.25, 0.3) is 5.91 Å². The molecule has 2 aromatic rings. The first-order valence-electron chi connectivity index (χ1n) is 8.11. The molecule has 0 bridgehead atoms. The summed E-state index contributed by atoms with van der Waals surface area (Å²) in [5, 5.41) is 0.472. The summed E-state index contributed by atoms with van der Waals surface area (Å²) >= 11 is 6.00. The highest BCUT2D eigenvalue weighted by molar-refractivity contribution is 6.31. The Balaban J connectivity index is 1.95. The number of para-hydroxylation sites is 1. The zero-order valence-corrected chi connectivity index (χ0v) is 14.1. The van der Waals surface area contributed by atoms with Crippen molar-refractivity contribution in [2.75, 3.05) is 18.0 Å². The molecule has 0 saturated carbocycles. The number of hydrogen-bond acceptors (Lipinski definition) is 2. The predicted octanol–water partition coefficient (Wildman–Crippen LogP) is 4.59. The second-order valence-electron chi connectivity index (χ2n) is 5.82. The summed E-state index contributed by atoms with van der Waals surface area (Å²) in [5.41, 5.74) is 0.967. The van der Waals surface area contributed by atoms with E-state index < -0.39 is 0 Å². The summed E-state index contributed by atoms with van der Waals surface area (Å²) in [7, 11) is 0. The van der Waals surface area contributed by atoms with Crippen molar-refractivity contribution in [1.29, 1.82) is 0 Å². The van der Waals surface area contributed by atoms with E-state index in [4.69, 9.17) is 11.6 Å². The minimum Gasteiger partial charge on any atom is -0.324 e. The van der Waals surface area contributed by atoms with Crippen LogP contribution in [0.2, 0.25) is 5.02 Å². The number of benzene rings is 2. The molecule has 24 heavy (non-hydrogen) atoms. The van der Waals surface area contributed by atoms with Gasteiger partial charge in [0, 0.05) is 23.7 Å². The van der Waals surface area contributed by atoms with Crippen molar-refractivity contribution in [3.63, 3.8) is 0 Å². The number of carbonyl (C=O) groups is 2. The van der Waals surface area contributed by atoms with Crippen LogP contribution >= 0.6 is 11.6 Å². The van der Waals surface area contributed by atoms with Gasteiger partial charge in [-0.15, -0.1) is 0 Å². The van der Waals surface area contributed by atoms with Crippen LogP contribution in [-0.2, 0) is 0 Å². The van der Waals surface area contributed by atoms with Gasteiger partial charge in [-0.05, 0) is 49.6 Å². The fourth-order valence-corrected chi connectivity index (χ4v) is 3.06. The monoisotopic (exact) mass is 342 g/mol. The Kier molecular flexibility index (Phi) is 5.16. The molecule has 3 amide bonds. The van der Waals surface area contributed by atoms with E-state index in [1.807, 2.05) is 18.2 Å². The third-order valence-corrected chi connectivity index (χ3v) is 4.34. The highest BCUT2D eigenvalue weighted by Crippen LogP contribution is 2.22. The second-order valence-corrected chi connectivity index (χ2v) is 6.25. The molecule has 4 nitrogen and oxygen atoms in total. The van der Waals surface area contributed by atoms with Gasteiger partial charge in [-0.3, -0.25) is 4.79 Å². The molecule has 1 fully saturated rings. The lowest BCUT2D eigenvalue weighted by molar-refractivity contribution is 0.0983. The minimum absolute atomic E-state index is 0.272. The van der Waals surface area contributed by atoms with Crippen molar-refractivity contribution in [3.8, 4) is 0 Å². The summed E-state index contributed by atoms with van der Waals surface area (Å²) in [6.07, 6.45) is 3.07. The molecule has 1 saturated heterocycles. The first kappa shape index (κ1) is 16.5. The smallest absolute Gasteiger partial charge is 0.324 e. The third kappa shape index (κ3) is 3.60. The fraction of sp³-hybridized carbons (Fsp3) is 0.263. The number of anilines is 1. The van der Waals surface area contributed by atoms with Crippen LogP contribution in [0.25, 0.3) is 0 Å². The lowest BCUT2D eigenvalue weighted by atomic mass is 10.1. The van der Waals surface area contributed by atoms with Crippen molar-refractivity contribution < 1.29 is 9.59 Å². The third-order valence-electron chi connectivity index (χ3n) is 4.11. The Labute approximate surface area is 146 Å². The van der Waals surface area contributed by atoms with Gasteiger partial charge in [-0.25, -0.2) is 9.69 Å². The number of carbonyl (C=O) groups excluding carboxylic acids is 2. The van der Waals surface area contributed by atoms with Crippen molar-refractivity contribution in [3.05, 3.63) is 65.2 Å². The summed E-state index contributed by atoms with van der Waals surface area (Å²) in [6.45, 7) is 1.37. The summed E-state index contributed by atoms with van der Waals surface area (Å²) in [5.74, 6) is -0.362. The van der Waals surface area contributed by atoms with E-state index in [1.54, 1.807) is 41.3 Å². The average molecular weight is 343 g/mol. The topological polar surface area (TPSA) is 40.6 Å². The van der Waals surface area contributed by atoms with Gasteiger partial charge in [0.05, 0.1) is 5.69 Å². The van der Waals surface area contributed by atoms with Gasteiger partial charge in [0.1, 0.15) is 0 Å². The normalized spacial score (nSPS) is 14.3. The van der Waals surface area contributed by atoms with Crippen LogP contribution in [0.1, 0.15) is 29.6 Å². The number of nitrogens with zero attached hydrogens (tertiary/aromatic N) is 2. The van der Waals surface area contributed by atoms with Gasteiger partial charge in [0.15, 0.2) is 0 Å². The summed E-state index contributed by atoms with van der Waals surface area (Å²) < 4.78 is 0. The molecule has 0 aromatic heterocycles. The van der Waals surface area contributed by atoms with E-state index in [2.05, 4.69) is 0 Å². The SMILES string of the molecule is O=C(c1cccc(Cl)c1)N(C(=O)N1CCCCC1)c1ccccc1. The number of rotatable bonds is 2. The molecule has 0 aliphatic carbocycles. The minimum atomic E-state index is -0.362. The molecule has 1 aliphatic rings. The largest absolute Gasteiger partial charge is 0.331 e. The number of halogens is 1. The van der Waals surface area contributed by atoms with Crippen LogP contribution in [0, 0.1) is 0 Å². The maximum atomic E-state index is 13.0. The number of imide groups is 1. The molecular formula is C19H19ClN2O2. The van der Waals surface area contributed by atoms with E-state index >= 15 is 0 Å². The van der Waals surface area contributed by atoms with Crippen LogP contribution in [-0.4, -0.2) is 29.9 Å². The molecule has 124 valence electrons. The lowest BCUT2D eigenvalue weighted by Gasteiger charge is -2.32. The zero-order chi connectivity index (χ0) is 16.9. The van der Waals surface area contributed by atoms with Gasteiger partial charge in [0.2, 0.25) is 0 Å². The Morgan fingerprint density at radius 1 is 0.917 bits per heavy atom. The Morgan fingerprint density at radius 3 is 2.29 bits per heavy atom. The molecule has 3 rings (SSSR count). The van der Waals surface area contributed by atoms with Crippen LogP contribution < -0.4 is 4.90 Å².